The van der Waals surface area contributed by atoms with Gasteiger partial charge in [-0.3, -0.25) is 14.4 Å². The van der Waals surface area contributed by atoms with E-state index in [2.05, 4.69) is 0 Å². The molecule has 1 N–H and O–H groups in total. The number of ether oxygens (including phenoxy) is 2. The number of ketones is 2. The molecule has 3 fully saturated rings. The molecule has 0 aromatic carbocycles. The van der Waals surface area contributed by atoms with Crippen molar-refractivity contribution in [3.05, 3.63) is 23.8 Å². The number of Topliss-reactive ketones (excluding diaryl/α,β-unsaturated/α-hetero) is 1. The number of halogens is 4. The monoisotopic (exact) mass is 530 g/mol. The summed E-state index contributed by atoms with van der Waals surface area (Å²) in [4.78, 5) is 48.6. The molecule has 4 aliphatic rings. The first-order valence-electron chi connectivity index (χ1n) is 12.2. The van der Waals surface area contributed by atoms with Crippen LogP contribution in [0.2, 0.25) is 0 Å². The Morgan fingerprint density at radius 2 is 1.84 bits per heavy atom. The van der Waals surface area contributed by atoms with Gasteiger partial charge >= 0.3 is 18.1 Å². The van der Waals surface area contributed by atoms with Crippen LogP contribution in [0, 0.1) is 28.6 Å². The van der Waals surface area contributed by atoms with Crippen molar-refractivity contribution >= 4 is 23.5 Å². The second-order valence-electron chi connectivity index (χ2n) is 11.2. The zero-order valence-electron chi connectivity index (χ0n) is 21.0. The highest BCUT2D eigenvalue weighted by Gasteiger charge is 2.77. The largest absolute Gasteiger partial charge is 0.490 e. The Labute approximate surface area is 211 Å². The van der Waals surface area contributed by atoms with Gasteiger partial charge in [-0.25, -0.2) is 9.18 Å². The summed E-state index contributed by atoms with van der Waals surface area (Å²) < 4.78 is 67.2. The highest BCUT2D eigenvalue weighted by Crippen LogP contribution is 2.71. The van der Waals surface area contributed by atoms with E-state index in [4.69, 9.17) is 9.47 Å². The van der Waals surface area contributed by atoms with Crippen LogP contribution in [0.3, 0.4) is 0 Å². The number of esters is 2. The molecule has 11 heteroatoms. The highest BCUT2D eigenvalue weighted by atomic mass is 19.4. The van der Waals surface area contributed by atoms with Crippen LogP contribution in [0.5, 0.6) is 0 Å². The van der Waals surface area contributed by atoms with Crippen molar-refractivity contribution in [2.75, 3.05) is 6.61 Å². The predicted octanol–water partition coefficient (Wildman–Crippen LogP) is 3.58. The quantitative estimate of drug-likeness (QED) is 0.437. The third kappa shape index (κ3) is 3.71. The Balaban J connectivity index is 1.85. The third-order valence-corrected chi connectivity index (χ3v) is 9.51. The van der Waals surface area contributed by atoms with Crippen LogP contribution in [-0.2, 0) is 28.7 Å². The number of alkyl halides is 4. The molecular weight excluding hydrogens is 500 g/mol. The molecule has 0 aromatic heterocycles. The zero-order chi connectivity index (χ0) is 27.8. The maximum absolute atomic E-state index is 17.6. The van der Waals surface area contributed by atoms with Crippen LogP contribution >= 0.6 is 0 Å². The SMILES string of the molecule is CC(=O)OCC(=O)[C@@]1(O)[C@@H](C)CC2C3CCC4=CC(=O)C=C[C@]4(C)[C@@]3(F)[C@@H](OC(=O)C(F)(F)F)C[C@@]21C. The first-order chi connectivity index (χ1) is 16.9. The van der Waals surface area contributed by atoms with Crippen molar-refractivity contribution in [2.24, 2.45) is 28.6 Å². The van der Waals surface area contributed by atoms with E-state index in [-0.39, 0.29) is 25.0 Å². The fourth-order valence-electron chi connectivity index (χ4n) is 7.70. The number of hydrogen-bond donors (Lipinski definition) is 1. The molecule has 204 valence electrons. The standard InChI is InChI=1S/C26H30F4O7/c1-13-9-18-17-6-5-15-10-16(32)7-8-22(15,3)24(17,27)20(37-21(34)26(28,29)30)11-23(18,4)25(13,35)19(33)12-36-14(2)31/h7-8,10,13,17-18,20,35H,5-6,9,11-12H2,1-4H3/t13-,17?,18?,20-,22-,23-,24-,25-/m0/s1. The lowest BCUT2D eigenvalue weighted by Crippen LogP contribution is -2.70. The van der Waals surface area contributed by atoms with Crippen LogP contribution in [-0.4, -0.2) is 58.8 Å². The van der Waals surface area contributed by atoms with Gasteiger partial charge in [0, 0.05) is 23.7 Å². The molecule has 0 radical (unpaired) electrons. The molecule has 4 rings (SSSR count). The van der Waals surface area contributed by atoms with E-state index < -0.39 is 82.9 Å². The van der Waals surface area contributed by atoms with Gasteiger partial charge < -0.3 is 14.6 Å². The average Bonchev–Trinajstić information content (AvgIpc) is 2.99. The Kier molecular flexibility index (Phi) is 6.29. The van der Waals surface area contributed by atoms with Crippen LogP contribution in [0.15, 0.2) is 23.8 Å². The van der Waals surface area contributed by atoms with Gasteiger partial charge in [0.25, 0.3) is 0 Å². The Hall–Kier alpha value is -2.56. The second kappa shape index (κ2) is 8.47. The van der Waals surface area contributed by atoms with Gasteiger partial charge in [0.15, 0.2) is 18.1 Å². The number of fused-ring (bicyclic) bond motifs is 5. The number of allylic oxidation sites excluding steroid dienone is 4. The number of carbonyl (C=O) groups excluding carboxylic acids is 4. The molecule has 0 spiro atoms. The minimum atomic E-state index is -5.40. The van der Waals surface area contributed by atoms with Crippen LogP contribution in [0.1, 0.15) is 53.4 Å². The fourth-order valence-corrected chi connectivity index (χ4v) is 7.70. The molecule has 0 heterocycles. The molecule has 0 amide bonds. The summed E-state index contributed by atoms with van der Waals surface area (Å²) in [6.45, 7) is 4.88. The summed E-state index contributed by atoms with van der Waals surface area (Å²) in [5, 5.41) is 11.8. The predicted molar refractivity (Wildman–Crippen MR) is 119 cm³/mol. The lowest BCUT2D eigenvalue weighted by molar-refractivity contribution is -0.249. The molecule has 7 nitrogen and oxygen atoms in total. The average molecular weight is 531 g/mol. The number of rotatable bonds is 4. The minimum absolute atomic E-state index is 0.111. The van der Waals surface area contributed by atoms with Crippen molar-refractivity contribution in [1.82, 2.24) is 0 Å². The molecule has 2 unspecified atom stereocenters. The van der Waals surface area contributed by atoms with Gasteiger partial charge in [-0.15, -0.1) is 0 Å². The van der Waals surface area contributed by atoms with Crippen LogP contribution < -0.4 is 0 Å². The number of hydrogen-bond acceptors (Lipinski definition) is 7. The van der Waals surface area contributed by atoms with E-state index in [9.17, 15) is 37.5 Å². The van der Waals surface area contributed by atoms with Crippen molar-refractivity contribution < 1.29 is 51.3 Å². The highest BCUT2D eigenvalue weighted by molar-refractivity contribution is 6.01. The molecular formula is C26H30F4O7. The summed E-state index contributed by atoms with van der Waals surface area (Å²) in [5.41, 5.74) is -7.38. The smallest absolute Gasteiger partial charge is 0.458 e. The van der Waals surface area contributed by atoms with Crippen molar-refractivity contribution in [3.8, 4) is 0 Å². The summed E-state index contributed by atoms with van der Waals surface area (Å²) >= 11 is 0. The van der Waals surface area contributed by atoms with Crippen LogP contribution in [0.25, 0.3) is 0 Å². The molecule has 0 aliphatic heterocycles. The Bertz CT molecular complexity index is 1110. The van der Waals surface area contributed by atoms with Gasteiger partial charge in [-0.2, -0.15) is 13.2 Å². The Morgan fingerprint density at radius 1 is 1.19 bits per heavy atom. The third-order valence-electron chi connectivity index (χ3n) is 9.51. The van der Waals surface area contributed by atoms with Crippen molar-refractivity contribution in [2.45, 2.75) is 76.9 Å². The second-order valence-corrected chi connectivity index (χ2v) is 11.2. The van der Waals surface area contributed by atoms with E-state index >= 15 is 4.39 Å². The summed E-state index contributed by atoms with van der Waals surface area (Å²) in [6, 6.07) is 0. The summed E-state index contributed by atoms with van der Waals surface area (Å²) in [6.07, 6.45) is -3.67. The van der Waals surface area contributed by atoms with Gasteiger partial charge in [0.2, 0.25) is 5.78 Å². The van der Waals surface area contributed by atoms with E-state index in [1.165, 1.54) is 26.0 Å². The first kappa shape index (κ1) is 27.5. The number of carbonyl (C=O) groups is 4. The van der Waals surface area contributed by atoms with Gasteiger partial charge in [0.05, 0.1) is 0 Å². The first-order valence-corrected chi connectivity index (χ1v) is 12.2. The van der Waals surface area contributed by atoms with E-state index in [0.29, 0.717) is 5.57 Å². The topological polar surface area (TPSA) is 107 Å². The summed E-state index contributed by atoms with van der Waals surface area (Å²) in [5.74, 6) is -6.99. The zero-order valence-corrected chi connectivity index (χ0v) is 21.0. The van der Waals surface area contributed by atoms with Gasteiger partial charge in [0.1, 0.15) is 11.7 Å². The van der Waals surface area contributed by atoms with Crippen LogP contribution in [0.4, 0.5) is 17.6 Å². The molecule has 0 aromatic rings. The molecule has 8 atom stereocenters. The molecule has 0 bridgehead atoms. The van der Waals surface area contributed by atoms with Crippen molar-refractivity contribution in [3.63, 3.8) is 0 Å². The summed E-state index contributed by atoms with van der Waals surface area (Å²) in [7, 11) is 0. The lowest BCUT2D eigenvalue weighted by Gasteiger charge is -2.63. The van der Waals surface area contributed by atoms with Gasteiger partial charge in [-0.1, -0.05) is 25.5 Å². The number of aliphatic hydroxyl groups is 1. The van der Waals surface area contributed by atoms with E-state index in [1.54, 1.807) is 6.92 Å². The normalized spacial score (nSPS) is 42.7. The maximum Gasteiger partial charge on any atom is 0.490 e. The minimum Gasteiger partial charge on any atom is -0.458 e. The fraction of sp³-hybridized carbons (Fsp3) is 0.692. The van der Waals surface area contributed by atoms with Gasteiger partial charge in [-0.05, 0) is 56.6 Å². The van der Waals surface area contributed by atoms with E-state index in [0.717, 1.165) is 13.0 Å². The molecule has 0 saturated heterocycles. The van der Waals surface area contributed by atoms with Crippen molar-refractivity contribution in [1.29, 1.82) is 0 Å². The Morgan fingerprint density at radius 3 is 2.43 bits per heavy atom. The van der Waals surface area contributed by atoms with E-state index in [1.807, 2.05) is 0 Å². The molecule has 4 aliphatic carbocycles. The maximum atomic E-state index is 17.6. The molecule has 37 heavy (non-hydrogen) atoms. The molecule has 3 saturated carbocycles. The lowest BCUT2D eigenvalue weighted by atomic mass is 9.44.